The Bertz CT molecular complexity index is 1210. The average Bonchev–Trinajstić information content (AvgIpc) is 2.85. The molecule has 182 valence electrons. The minimum absolute atomic E-state index is 0.150. The van der Waals surface area contributed by atoms with Gasteiger partial charge in [0.05, 0.1) is 25.3 Å². The van der Waals surface area contributed by atoms with Crippen LogP contribution in [0.1, 0.15) is 40.1 Å². The molecule has 35 heavy (non-hydrogen) atoms. The molecular formula is C27H27FN2O5. The number of halogens is 1. The largest absolute Gasteiger partial charge is 0.490 e. The molecule has 0 aliphatic heterocycles. The number of benzene rings is 3. The second kappa shape index (κ2) is 11.8. The van der Waals surface area contributed by atoms with Crippen molar-refractivity contribution in [3.8, 4) is 11.5 Å². The summed E-state index contributed by atoms with van der Waals surface area (Å²) in [5.74, 6) is -0.711. The van der Waals surface area contributed by atoms with Crippen LogP contribution in [0.3, 0.4) is 0 Å². The Morgan fingerprint density at radius 1 is 0.857 bits per heavy atom. The summed E-state index contributed by atoms with van der Waals surface area (Å²) in [4.78, 5) is 39.9. The lowest BCUT2D eigenvalue weighted by Gasteiger charge is -2.19. The third-order valence-electron chi connectivity index (χ3n) is 5.06. The molecule has 0 saturated carbocycles. The van der Waals surface area contributed by atoms with Gasteiger partial charge in [0.15, 0.2) is 17.3 Å². The summed E-state index contributed by atoms with van der Waals surface area (Å²) in [6.07, 6.45) is 0. The number of anilines is 1. The molecule has 3 rings (SSSR count). The molecule has 1 N–H and O–H groups in total. The van der Waals surface area contributed by atoms with Crippen LogP contribution in [-0.2, 0) is 4.79 Å². The van der Waals surface area contributed by atoms with Gasteiger partial charge in [-0.25, -0.2) is 4.39 Å². The molecule has 3 aromatic rings. The molecule has 0 aliphatic carbocycles. The summed E-state index contributed by atoms with van der Waals surface area (Å²) >= 11 is 0. The first kappa shape index (κ1) is 25.4. The van der Waals surface area contributed by atoms with Gasteiger partial charge in [0.25, 0.3) is 5.91 Å². The zero-order valence-corrected chi connectivity index (χ0v) is 19.8. The van der Waals surface area contributed by atoms with Crippen LogP contribution in [0.25, 0.3) is 0 Å². The number of nitrogens with one attached hydrogen (secondary N) is 1. The van der Waals surface area contributed by atoms with Crippen molar-refractivity contribution in [1.82, 2.24) is 4.90 Å². The molecule has 0 unspecified atom stereocenters. The molecule has 0 spiro atoms. The molecule has 0 radical (unpaired) electrons. The highest BCUT2D eigenvalue weighted by atomic mass is 19.1. The lowest BCUT2D eigenvalue weighted by Crippen LogP contribution is -2.35. The van der Waals surface area contributed by atoms with E-state index in [-0.39, 0.29) is 23.2 Å². The molecule has 2 amide bonds. The molecule has 8 heteroatoms. The highest BCUT2D eigenvalue weighted by Crippen LogP contribution is 2.30. The normalized spacial score (nSPS) is 10.4. The Morgan fingerprint density at radius 2 is 1.49 bits per heavy atom. The van der Waals surface area contributed by atoms with E-state index in [1.54, 1.807) is 30.3 Å². The maximum atomic E-state index is 13.2. The topological polar surface area (TPSA) is 84.9 Å². The van der Waals surface area contributed by atoms with E-state index in [9.17, 15) is 18.8 Å². The van der Waals surface area contributed by atoms with E-state index < -0.39 is 23.4 Å². The Morgan fingerprint density at radius 3 is 2.14 bits per heavy atom. The van der Waals surface area contributed by atoms with Gasteiger partial charge in [-0.2, -0.15) is 0 Å². The highest BCUT2D eigenvalue weighted by molar-refractivity contribution is 6.15. The van der Waals surface area contributed by atoms with Gasteiger partial charge >= 0.3 is 0 Å². The van der Waals surface area contributed by atoms with Gasteiger partial charge in [-0.05, 0) is 56.3 Å². The molecule has 3 aromatic carbocycles. The zero-order valence-electron chi connectivity index (χ0n) is 19.8. The maximum Gasteiger partial charge on any atom is 0.254 e. The van der Waals surface area contributed by atoms with Crippen molar-refractivity contribution in [2.75, 3.05) is 32.1 Å². The number of carbonyl (C=O) groups is 3. The quantitative estimate of drug-likeness (QED) is 0.432. The van der Waals surface area contributed by atoms with Gasteiger partial charge in [-0.15, -0.1) is 0 Å². The number of ketones is 1. The van der Waals surface area contributed by atoms with Crippen LogP contribution >= 0.6 is 0 Å². The van der Waals surface area contributed by atoms with Gasteiger partial charge in [-0.3, -0.25) is 14.4 Å². The van der Waals surface area contributed by atoms with Crippen molar-refractivity contribution in [1.29, 1.82) is 0 Å². The zero-order chi connectivity index (χ0) is 25.4. The molecule has 7 nitrogen and oxygen atoms in total. The molecule has 0 aromatic heterocycles. The number of rotatable bonds is 10. The second-order valence-electron chi connectivity index (χ2n) is 7.62. The molecule has 0 atom stereocenters. The van der Waals surface area contributed by atoms with Crippen LogP contribution in [0.4, 0.5) is 10.1 Å². The number of nitrogens with zero attached hydrogens (tertiary/aromatic N) is 1. The highest BCUT2D eigenvalue weighted by Gasteiger charge is 2.22. The number of ether oxygens (including phenoxy) is 2. The number of carbonyl (C=O) groups excluding carboxylic acids is 3. The fourth-order valence-electron chi connectivity index (χ4n) is 3.45. The standard InChI is InChI=1S/C27H27FN2O5/c1-4-34-23-15-14-20(16-24(23)35-5-2)29-25(31)17-30(3)27(33)22-9-7-6-8-21(22)26(32)18-10-12-19(28)13-11-18/h6-16H,4-5,17H2,1-3H3,(H,29,31). The SMILES string of the molecule is CCOc1ccc(NC(=O)CN(C)C(=O)c2ccccc2C(=O)c2ccc(F)cc2)cc1OCC. The van der Waals surface area contributed by atoms with Crippen LogP contribution in [-0.4, -0.2) is 49.3 Å². The molecular weight excluding hydrogens is 451 g/mol. The smallest absolute Gasteiger partial charge is 0.254 e. The van der Waals surface area contributed by atoms with E-state index in [1.165, 1.54) is 48.3 Å². The maximum absolute atomic E-state index is 13.2. The number of amides is 2. The molecule has 0 fully saturated rings. The fraction of sp³-hybridized carbons (Fsp3) is 0.222. The van der Waals surface area contributed by atoms with Crippen LogP contribution in [0.2, 0.25) is 0 Å². The number of hydrogen-bond donors (Lipinski definition) is 1. The third kappa shape index (κ3) is 6.44. The summed E-state index contributed by atoms with van der Waals surface area (Å²) in [7, 11) is 1.48. The molecule has 0 aliphatic rings. The summed E-state index contributed by atoms with van der Waals surface area (Å²) in [6.45, 7) is 4.38. The monoisotopic (exact) mass is 478 g/mol. The van der Waals surface area contributed by atoms with Crippen molar-refractivity contribution >= 4 is 23.3 Å². The lowest BCUT2D eigenvalue weighted by atomic mass is 9.97. The Hall–Kier alpha value is -4.20. The second-order valence-corrected chi connectivity index (χ2v) is 7.62. The summed E-state index contributed by atoms with van der Waals surface area (Å²) in [6, 6.07) is 16.5. The first-order chi connectivity index (χ1) is 16.8. The van der Waals surface area contributed by atoms with Gasteiger partial charge in [0.2, 0.25) is 5.91 Å². The van der Waals surface area contributed by atoms with E-state index in [1.807, 2.05) is 13.8 Å². The van der Waals surface area contributed by atoms with Gasteiger partial charge in [0, 0.05) is 29.9 Å². The summed E-state index contributed by atoms with van der Waals surface area (Å²) < 4.78 is 24.3. The molecule has 0 bridgehead atoms. The summed E-state index contributed by atoms with van der Waals surface area (Å²) in [5, 5.41) is 2.74. The van der Waals surface area contributed by atoms with Gasteiger partial charge < -0.3 is 19.7 Å². The van der Waals surface area contributed by atoms with E-state index in [2.05, 4.69) is 5.32 Å². The Balaban J connectivity index is 1.72. The Kier molecular flexibility index (Phi) is 8.56. The molecule has 0 heterocycles. The fourth-order valence-corrected chi connectivity index (χ4v) is 3.45. The van der Waals surface area contributed by atoms with Crippen molar-refractivity contribution in [3.05, 3.63) is 89.2 Å². The minimum Gasteiger partial charge on any atom is -0.490 e. The van der Waals surface area contributed by atoms with E-state index >= 15 is 0 Å². The lowest BCUT2D eigenvalue weighted by molar-refractivity contribution is -0.116. The summed E-state index contributed by atoms with van der Waals surface area (Å²) in [5.41, 5.74) is 1.07. The van der Waals surface area contributed by atoms with Crippen LogP contribution in [0.15, 0.2) is 66.7 Å². The van der Waals surface area contributed by atoms with Crippen molar-refractivity contribution in [2.45, 2.75) is 13.8 Å². The van der Waals surface area contributed by atoms with Crippen molar-refractivity contribution in [2.24, 2.45) is 0 Å². The predicted octanol–water partition coefficient (Wildman–Crippen LogP) is 4.56. The number of likely N-dealkylation sites (N-methyl/N-ethyl adjacent to an activating group) is 1. The van der Waals surface area contributed by atoms with Gasteiger partial charge in [0.1, 0.15) is 5.82 Å². The third-order valence-corrected chi connectivity index (χ3v) is 5.06. The van der Waals surface area contributed by atoms with E-state index in [0.717, 1.165) is 0 Å². The number of hydrogen-bond acceptors (Lipinski definition) is 5. The van der Waals surface area contributed by atoms with Crippen molar-refractivity contribution < 1.29 is 28.2 Å². The van der Waals surface area contributed by atoms with E-state index in [4.69, 9.17) is 9.47 Å². The molecule has 0 saturated heterocycles. The van der Waals surface area contributed by atoms with Crippen LogP contribution < -0.4 is 14.8 Å². The minimum atomic E-state index is -0.493. The predicted molar refractivity (Wildman–Crippen MR) is 131 cm³/mol. The first-order valence-corrected chi connectivity index (χ1v) is 11.2. The Labute approximate surface area is 203 Å². The van der Waals surface area contributed by atoms with Crippen LogP contribution in [0.5, 0.6) is 11.5 Å². The average molecular weight is 479 g/mol. The van der Waals surface area contributed by atoms with Crippen molar-refractivity contribution in [3.63, 3.8) is 0 Å². The first-order valence-electron chi connectivity index (χ1n) is 11.2. The van der Waals surface area contributed by atoms with E-state index in [0.29, 0.717) is 30.4 Å². The van der Waals surface area contributed by atoms with Gasteiger partial charge in [-0.1, -0.05) is 18.2 Å². The van der Waals surface area contributed by atoms with Crippen LogP contribution in [0, 0.1) is 5.82 Å².